The number of benzene rings is 1. The van der Waals surface area contributed by atoms with Crippen LogP contribution in [0.1, 0.15) is 26.3 Å². The summed E-state index contributed by atoms with van der Waals surface area (Å²) in [6.45, 7) is 9.98. The Morgan fingerprint density at radius 1 is 1.19 bits per heavy atom. The van der Waals surface area contributed by atoms with E-state index in [0.29, 0.717) is 50.5 Å². The fraction of sp³-hybridized carbons (Fsp3) is 0.619. The van der Waals surface area contributed by atoms with Gasteiger partial charge in [0.05, 0.1) is 18.1 Å². The van der Waals surface area contributed by atoms with E-state index in [-0.39, 0.29) is 16.7 Å². The van der Waals surface area contributed by atoms with Gasteiger partial charge < -0.3 is 15.0 Å². The minimum absolute atomic E-state index is 0.180. The van der Waals surface area contributed by atoms with Crippen molar-refractivity contribution in [1.29, 1.82) is 0 Å². The highest BCUT2D eigenvalue weighted by molar-refractivity contribution is 7.89. The minimum atomic E-state index is -3.64. The number of hydrogen-bond acceptors (Lipinski definition) is 6. The first kappa shape index (κ1) is 23.6. The topological polar surface area (TPSA) is 99.3 Å². The first-order valence-corrected chi connectivity index (χ1v) is 12.2. The number of carbonyl (C=O) groups is 2. The predicted octanol–water partition coefficient (Wildman–Crippen LogP) is 0.443. The van der Waals surface area contributed by atoms with E-state index in [1.807, 2.05) is 0 Å². The zero-order chi connectivity index (χ0) is 22.6. The average Bonchev–Trinajstić information content (AvgIpc) is 3.16. The van der Waals surface area contributed by atoms with Crippen LogP contribution < -0.4 is 10.2 Å². The summed E-state index contributed by atoms with van der Waals surface area (Å²) in [4.78, 5) is 29.0. The lowest BCUT2D eigenvalue weighted by molar-refractivity contribution is -0.125. The number of morpholine rings is 1. The first-order chi connectivity index (χ1) is 14.8. The Hall–Kier alpha value is -2.01. The van der Waals surface area contributed by atoms with Crippen molar-refractivity contribution in [3.8, 4) is 0 Å². The molecule has 0 bridgehead atoms. The second-order valence-corrected chi connectivity index (χ2v) is 9.67. The molecule has 2 aliphatic heterocycles. The third kappa shape index (κ3) is 5.08. The number of nitrogens with one attached hydrogen (secondary N) is 1. The molecule has 172 valence electrons. The highest BCUT2D eigenvalue weighted by atomic mass is 32.2. The molecule has 1 aromatic carbocycles. The van der Waals surface area contributed by atoms with Crippen molar-refractivity contribution in [1.82, 2.24) is 14.5 Å². The molecular weight excluding hydrogens is 420 g/mol. The molecule has 10 heteroatoms. The van der Waals surface area contributed by atoms with Crippen molar-refractivity contribution in [2.75, 3.05) is 57.4 Å². The van der Waals surface area contributed by atoms with Gasteiger partial charge in [-0.2, -0.15) is 4.31 Å². The summed E-state index contributed by atoms with van der Waals surface area (Å²) < 4.78 is 32.6. The van der Waals surface area contributed by atoms with Crippen LogP contribution in [0.25, 0.3) is 0 Å². The van der Waals surface area contributed by atoms with Crippen LogP contribution >= 0.6 is 0 Å². The quantitative estimate of drug-likeness (QED) is 0.615. The van der Waals surface area contributed by atoms with Crippen molar-refractivity contribution >= 4 is 27.5 Å². The molecule has 1 N–H and O–H groups in total. The van der Waals surface area contributed by atoms with Crippen LogP contribution in [0.5, 0.6) is 0 Å². The van der Waals surface area contributed by atoms with Crippen LogP contribution in [0.15, 0.2) is 23.1 Å². The molecule has 3 rings (SSSR count). The maximum absolute atomic E-state index is 13.0. The van der Waals surface area contributed by atoms with E-state index in [0.717, 1.165) is 19.6 Å². The van der Waals surface area contributed by atoms with Gasteiger partial charge in [-0.25, -0.2) is 8.42 Å². The zero-order valence-electron chi connectivity index (χ0n) is 18.5. The van der Waals surface area contributed by atoms with E-state index in [1.54, 1.807) is 12.1 Å². The molecule has 0 unspecified atom stereocenters. The number of nitrogens with zero attached hydrogens (tertiary/aromatic N) is 3. The van der Waals surface area contributed by atoms with Gasteiger partial charge >= 0.3 is 0 Å². The van der Waals surface area contributed by atoms with E-state index in [2.05, 4.69) is 24.1 Å². The molecule has 0 spiro atoms. The lowest BCUT2D eigenvalue weighted by Crippen LogP contribution is -2.48. The Bertz CT molecular complexity index is 910. The number of sulfonamides is 1. The lowest BCUT2D eigenvalue weighted by atomic mass is 10.1. The Labute approximate surface area is 184 Å². The SMILES string of the molecule is CCN(CC)CCNC(=O)[C@H]1Cc2cc(S(=O)(=O)N3CCOCC3)ccc2N1C(C)=O. The summed E-state index contributed by atoms with van der Waals surface area (Å²) >= 11 is 0. The van der Waals surface area contributed by atoms with Crippen LogP contribution in [0.3, 0.4) is 0 Å². The fourth-order valence-corrected chi connectivity index (χ4v) is 5.58. The first-order valence-electron chi connectivity index (χ1n) is 10.8. The van der Waals surface area contributed by atoms with E-state index < -0.39 is 16.1 Å². The molecular formula is C21H32N4O5S. The van der Waals surface area contributed by atoms with Gasteiger partial charge in [0.2, 0.25) is 21.8 Å². The molecule has 1 fully saturated rings. The van der Waals surface area contributed by atoms with Crippen molar-refractivity contribution in [3.05, 3.63) is 23.8 Å². The second kappa shape index (κ2) is 10.1. The maximum Gasteiger partial charge on any atom is 0.243 e. The van der Waals surface area contributed by atoms with Crippen LogP contribution in [0, 0.1) is 0 Å². The molecule has 0 saturated carbocycles. The van der Waals surface area contributed by atoms with Gasteiger partial charge in [-0.1, -0.05) is 13.8 Å². The Morgan fingerprint density at radius 2 is 1.87 bits per heavy atom. The van der Waals surface area contributed by atoms with Gasteiger partial charge in [0.15, 0.2) is 0 Å². The van der Waals surface area contributed by atoms with Crippen molar-refractivity contribution in [2.45, 2.75) is 38.1 Å². The van der Waals surface area contributed by atoms with Gasteiger partial charge in [-0.05, 0) is 36.9 Å². The summed E-state index contributed by atoms with van der Waals surface area (Å²) in [7, 11) is -3.64. The normalized spacial score (nSPS) is 19.5. The number of amides is 2. The monoisotopic (exact) mass is 452 g/mol. The average molecular weight is 453 g/mol. The minimum Gasteiger partial charge on any atom is -0.379 e. The van der Waals surface area contributed by atoms with Crippen LogP contribution in [-0.4, -0.2) is 88.0 Å². The largest absolute Gasteiger partial charge is 0.379 e. The summed E-state index contributed by atoms with van der Waals surface area (Å²) in [5, 5.41) is 2.93. The summed E-state index contributed by atoms with van der Waals surface area (Å²) in [5.74, 6) is -0.470. The zero-order valence-corrected chi connectivity index (χ0v) is 19.3. The number of ether oxygens (including phenoxy) is 1. The molecule has 1 atom stereocenters. The van der Waals surface area contributed by atoms with Gasteiger partial charge in [-0.3, -0.25) is 14.5 Å². The highest BCUT2D eigenvalue weighted by Crippen LogP contribution is 2.35. The lowest BCUT2D eigenvalue weighted by Gasteiger charge is -2.26. The summed E-state index contributed by atoms with van der Waals surface area (Å²) in [6.07, 6.45) is 0.290. The van der Waals surface area contributed by atoms with Gasteiger partial charge in [-0.15, -0.1) is 0 Å². The predicted molar refractivity (Wildman–Crippen MR) is 117 cm³/mol. The van der Waals surface area contributed by atoms with E-state index in [1.165, 1.54) is 22.2 Å². The summed E-state index contributed by atoms with van der Waals surface area (Å²) in [5.41, 5.74) is 1.28. The molecule has 0 aromatic heterocycles. The number of rotatable bonds is 8. The third-order valence-electron chi connectivity index (χ3n) is 5.91. The van der Waals surface area contributed by atoms with Crippen molar-refractivity contribution in [3.63, 3.8) is 0 Å². The molecule has 2 aliphatic rings. The third-order valence-corrected chi connectivity index (χ3v) is 7.80. The molecule has 31 heavy (non-hydrogen) atoms. The number of hydrogen-bond donors (Lipinski definition) is 1. The van der Waals surface area contributed by atoms with Crippen molar-refractivity contribution in [2.24, 2.45) is 0 Å². The number of fused-ring (bicyclic) bond motifs is 1. The van der Waals surface area contributed by atoms with E-state index in [9.17, 15) is 18.0 Å². The van der Waals surface area contributed by atoms with E-state index >= 15 is 0 Å². The number of likely N-dealkylation sites (N-methyl/N-ethyl adjacent to an activating group) is 1. The maximum atomic E-state index is 13.0. The van der Waals surface area contributed by atoms with Crippen LogP contribution in [0.4, 0.5) is 5.69 Å². The van der Waals surface area contributed by atoms with Gasteiger partial charge in [0.25, 0.3) is 0 Å². The summed E-state index contributed by atoms with van der Waals surface area (Å²) in [6, 6.07) is 4.07. The van der Waals surface area contributed by atoms with Crippen LogP contribution in [-0.2, 0) is 30.8 Å². The van der Waals surface area contributed by atoms with Crippen molar-refractivity contribution < 1.29 is 22.7 Å². The smallest absolute Gasteiger partial charge is 0.243 e. The number of carbonyl (C=O) groups excluding carboxylic acids is 2. The molecule has 0 radical (unpaired) electrons. The standard InChI is InChI=1S/C21H32N4O5S/c1-4-23(5-2)9-8-22-21(27)20-15-17-14-18(6-7-19(17)25(20)16(3)26)31(28,29)24-10-12-30-13-11-24/h6-7,14,20H,4-5,8-13,15H2,1-3H3,(H,22,27)/t20-/m1/s1. The molecule has 2 amide bonds. The molecule has 9 nitrogen and oxygen atoms in total. The highest BCUT2D eigenvalue weighted by Gasteiger charge is 2.38. The Kier molecular flexibility index (Phi) is 7.68. The Balaban J connectivity index is 1.77. The van der Waals surface area contributed by atoms with Gasteiger partial charge in [0.1, 0.15) is 6.04 Å². The molecule has 1 saturated heterocycles. The Morgan fingerprint density at radius 3 is 2.48 bits per heavy atom. The van der Waals surface area contributed by atoms with E-state index in [4.69, 9.17) is 4.74 Å². The fourth-order valence-electron chi connectivity index (χ4n) is 4.12. The van der Waals surface area contributed by atoms with Gasteiger partial charge in [0, 0.05) is 45.2 Å². The molecule has 0 aliphatic carbocycles. The molecule has 1 aromatic rings. The van der Waals surface area contributed by atoms with Crippen LogP contribution in [0.2, 0.25) is 0 Å². The number of anilines is 1. The molecule has 2 heterocycles. The second-order valence-electron chi connectivity index (χ2n) is 7.73.